The van der Waals surface area contributed by atoms with Crippen LogP contribution in [0.4, 0.5) is 5.13 Å². The maximum Gasteiger partial charge on any atom is 0.263 e. The van der Waals surface area contributed by atoms with E-state index in [9.17, 15) is 14.7 Å². The van der Waals surface area contributed by atoms with E-state index < -0.39 is 12.1 Å². The average molecular weight is 368 g/mol. The highest BCUT2D eigenvalue weighted by molar-refractivity contribution is 7.17. The molecule has 8 nitrogen and oxygen atoms in total. The van der Waals surface area contributed by atoms with Gasteiger partial charge in [-0.2, -0.15) is 0 Å². The molecule has 1 aliphatic heterocycles. The summed E-state index contributed by atoms with van der Waals surface area (Å²) in [7, 11) is 1.69. The van der Waals surface area contributed by atoms with Crippen LogP contribution in [0.25, 0.3) is 0 Å². The van der Waals surface area contributed by atoms with E-state index in [-0.39, 0.29) is 23.8 Å². The third-order valence-electron chi connectivity index (χ3n) is 5.03. The predicted octanol–water partition coefficient (Wildman–Crippen LogP) is 0.232. The standard InChI is InChI=1S/C16H24N4O4S/c1-24-10-2-4-20(5-3-10)15(23)9-6-11(12(21)7-9)19-14(22)13-8-18-16(17)25-13/h8-12,21H,2-7H2,1H3,(H2,17,18)(H,19,22)/t9-,11-,12-/m0/s1. The molecule has 1 saturated carbocycles. The first kappa shape index (κ1) is 18.1. The van der Waals surface area contributed by atoms with Crippen molar-refractivity contribution in [2.45, 2.75) is 43.9 Å². The number of aliphatic hydroxyl groups is 1. The van der Waals surface area contributed by atoms with Crippen LogP contribution in [0.3, 0.4) is 0 Å². The van der Waals surface area contributed by atoms with Gasteiger partial charge in [-0.3, -0.25) is 9.59 Å². The number of rotatable bonds is 4. The quantitative estimate of drug-likeness (QED) is 0.700. The first-order valence-corrected chi connectivity index (χ1v) is 9.31. The van der Waals surface area contributed by atoms with Crippen molar-refractivity contribution >= 4 is 28.3 Å². The molecule has 4 N–H and O–H groups in total. The maximum atomic E-state index is 12.7. The van der Waals surface area contributed by atoms with Crippen molar-refractivity contribution in [1.29, 1.82) is 0 Å². The van der Waals surface area contributed by atoms with Gasteiger partial charge in [-0.1, -0.05) is 11.3 Å². The minimum Gasteiger partial charge on any atom is -0.391 e. The lowest BCUT2D eigenvalue weighted by Crippen LogP contribution is -2.43. The van der Waals surface area contributed by atoms with E-state index in [1.165, 1.54) is 6.20 Å². The molecular formula is C16H24N4O4S. The lowest BCUT2D eigenvalue weighted by atomic mass is 10.0. The minimum absolute atomic E-state index is 0.0624. The molecule has 2 amide bonds. The Morgan fingerprint density at radius 1 is 1.40 bits per heavy atom. The Balaban J connectivity index is 1.54. The zero-order valence-electron chi connectivity index (χ0n) is 14.2. The zero-order chi connectivity index (χ0) is 18.0. The van der Waals surface area contributed by atoms with Gasteiger partial charge in [0.2, 0.25) is 5.91 Å². The van der Waals surface area contributed by atoms with Gasteiger partial charge in [0.05, 0.1) is 24.4 Å². The molecule has 1 aliphatic carbocycles. The molecule has 25 heavy (non-hydrogen) atoms. The van der Waals surface area contributed by atoms with Crippen molar-refractivity contribution in [2.24, 2.45) is 5.92 Å². The number of nitrogens with zero attached hydrogens (tertiary/aromatic N) is 2. The van der Waals surface area contributed by atoms with Crippen LogP contribution in [0.2, 0.25) is 0 Å². The SMILES string of the molecule is COC1CCN(C(=O)[C@H]2C[C@H](NC(=O)c3cnc(N)s3)[C@@H](O)C2)CC1. The number of aromatic nitrogens is 1. The summed E-state index contributed by atoms with van der Waals surface area (Å²) in [6.45, 7) is 1.36. The maximum absolute atomic E-state index is 12.7. The van der Waals surface area contributed by atoms with Gasteiger partial charge in [-0.05, 0) is 25.7 Å². The second-order valence-electron chi connectivity index (χ2n) is 6.64. The lowest BCUT2D eigenvalue weighted by molar-refractivity contribution is -0.137. The number of nitrogens with one attached hydrogen (secondary N) is 1. The number of hydrogen-bond donors (Lipinski definition) is 3. The Hall–Kier alpha value is -1.71. The fourth-order valence-electron chi connectivity index (χ4n) is 3.57. The largest absolute Gasteiger partial charge is 0.391 e. The minimum atomic E-state index is -0.723. The molecule has 1 saturated heterocycles. The van der Waals surface area contributed by atoms with Gasteiger partial charge in [-0.15, -0.1) is 0 Å². The molecule has 1 aromatic heterocycles. The topological polar surface area (TPSA) is 118 Å². The summed E-state index contributed by atoms with van der Waals surface area (Å²) in [5.41, 5.74) is 5.53. The first-order chi connectivity index (χ1) is 12.0. The number of ether oxygens (including phenoxy) is 1. The van der Waals surface area contributed by atoms with E-state index in [1.54, 1.807) is 7.11 Å². The van der Waals surface area contributed by atoms with Crippen LogP contribution in [-0.2, 0) is 9.53 Å². The van der Waals surface area contributed by atoms with Crippen LogP contribution < -0.4 is 11.1 Å². The van der Waals surface area contributed by atoms with Crippen molar-refractivity contribution in [3.8, 4) is 0 Å². The van der Waals surface area contributed by atoms with Gasteiger partial charge in [0.25, 0.3) is 5.91 Å². The second kappa shape index (κ2) is 7.67. The van der Waals surface area contributed by atoms with Gasteiger partial charge in [0.1, 0.15) is 4.88 Å². The van der Waals surface area contributed by atoms with E-state index in [2.05, 4.69) is 10.3 Å². The van der Waals surface area contributed by atoms with Crippen molar-refractivity contribution in [3.05, 3.63) is 11.1 Å². The van der Waals surface area contributed by atoms with Gasteiger partial charge in [0, 0.05) is 26.1 Å². The molecule has 0 unspecified atom stereocenters. The number of methoxy groups -OCH3 is 1. The molecule has 9 heteroatoms. The number of nitrogen functional groups attached to an aromatic ring is 1. The second-order valence-corrected chi connectivity index (χ2v) is 7.70. The van der Waals surface area contributed by atoms with E-state index >= 15 is 0 Å². The highest BCUT2D eigenvalue weighted by atomic mass is 32.1. The summed E-state index contributed by atoms with van der Waals surface area (Å²) < 4.78 is 5.33. The van der Waals surface area contributed by atoms with E-state index in [1.807, 2.05) is 4.90 Å². The van der Waals surface area contributed by atoms with Crippen molar-refractivity contribution < 1.29 is 19.4 Å². The molecule has 0 aromatic carbocycles. The molecule has 3 rings (SSSR count). The number of amides is 2. The van der Waals surface area contributed by atoms with Gasteiger partial charge in [0.15, 0.2) is 5.13 Å². The molecule has 2 fully saturated rings. The van der Waals surface area contributed by atoms with Crippen LogP contribution in [0.15, 0.2) is 6.20 Å². The number of anilines is 1. The summed E-state index contributed by atoms with van der Waals surface area (Å²) in [6.07, 6.45) is 3.41. The molecule has 2 aliphatic rings. The summed E-state index contributed by atoms with van der Waals surface area (Å²) in [6, 6.07) is -0.429. The molecule has 2 heterocycles. The number of nitrogens with two attached hydrogens (primary N) is 1. The normalized spacial score (nSPS) is 27.4. The molecule has 1 aromatic rings. The Morgan fingerprint density at radius 2 is 2.12 bits per heavy atom. The van der Waals surface area contributed by atoms with Crippen LogP contribution in [0, 0.1) is 5.92 Å². The molecule has 138 valence electrons. The molecule has 0 bridgehead atoms. The van der Waals surface area contributed by atoms with Crippen LogP contribution in [0.1, 0.15) is 35.4 Å². The molecule has 0 radical (unpaired) electrons. The number of aliphatic hydroxyl groups excluding tert-OH is 1. The number of carbonyl (C=O) groups excluding carboxylic acids is 2. The van der Waals surface area contributed by atoms with Gasteiger partial charge >= 0.3 is 0 Å². The van der Waals surface area contributed by atoms with Gasteiger partial charge in [-0.25, -0.2) is 4.98 Å². The van der Waals surface area contributed by atoms with Crippen molar-refractivity contribution in [2.75, 3.05) is 25.9 Å². The smallest absolute Gasteiger partial charge is 0.263 e. The Kier molecular flexibility index (Phi) is 5.55. The third kappa shape index (κ3) is 4.10. The number of hydrogen-bond acceptors (Lipinski definition) is 7. The predicted molar refractivity (Wildman–Crippen MR) is 93.1 cm³/mol. The van der Waals surface area contributed by atoms with E-state index in [4.69, 9.17) is 10.5 Å². The molecule has 3 atom stereocenters. The molecular weight excluding hydrogens is 344 g/mol. The highest BCUT2D eigenvalue weighted by Gasteiger charge is 2.40. The fourth-order valence-corrected chi connectivity index (χ4v) is 4.16. The lowest BCUT2D eigenvalue weighted by Gasteiger charge is -2.33. The van der Waals surface area contributed by atoms with Crippen molar-refractivity contribution in [1.82, 2.24) is 15.2 Å². The van der Waals surface area contributed by atoms with Crippen LogP contribution >= 0.6 is 11.3 Å². The Labute approximate surface area is 150 Å². The first-order valence-electron chi connectivity index (χ1n) is 8.49. The molecule has 0 spiro atoms. The zero-order valence-corrected chi connectivity index (χ0v) is 15.0. The van der Waals surface area contributed by atoms with Crippen molar-refractivity contribution in [3.63, 3.8) is 0 Å². The number of carbonyl (C=O) groups is 2. The monoisotopic (exact) mass is 368 g/mol. The Morgan fingerprint density at radius 3 is 2.72 bits per heavy atom. The summed E-state index contributed by atoms with van der Waals surface area (Å²) in [5, 5.41) is 13.4. The average Bonchev–Trinajstić information content (AvgIpc) is 3.20. The number of likely N-dealkylation sites (tertiary alicyclic amines) is 1. The Bertz CT molecular complexity index is 629. The summed E-state index contributed by atoms with van der Waals surface area (Å²) in [5.74, 6) is -0.509. The van der Waals surface area contributed by atoms with E-state index in [0.717, 1.165) is 24.2 Å². The number of piperidine rings is 1. The van der Waals surface area contributed by atoms with Crippen LogP contribution in [0.5, 0.6) is 0 Å². The van der Waals surface area contributed by atoms with Crippen LogP contribution in [-0.4, -0.2) is 65.3 Å². The fraction of sp³-hybridized carbons (Fsp3) is 0.688. The number of thiazole rings is 1. The highest BCUT2D eigenvalue weighted by Crippen LogP contribution is 2.29. The third-order valence-corrected chi connectivity index (χ3v) is 5.85. The van der Waals surface area contributed by atoms with E-state index in [0.29, 0.717) is 35.9 Å². The summed E-state index contributed by atoms with van der Waals surface area (Å²) >= 11 is 1.10. The summed E-state index contributed by atoms with van der Waals surface area (Å²) in [4.78, 5) is 31.0. The van der Waals surface area contributed by atoms with Gasteiger partial charge < -0.3 is 25.8 Å².